The van der Waals surface area contributed by atoms with Crippen LogP contribution in [0.25, 0.3) is 0 Å². The van der Waals surface area contributed by atoms with E-state index in [-0.39, 0.29) is 6.54 Å². The molecular formula is C50H88N2O34. The van der Waals surface area contributed by atoms with Crippen molar-refractivity contribution >= 4 is 0 Å². The van der Waals surface area contributed by atoms with Gasteiger partial charge in [-0.3, -0.25) is 0 Å². The molecule has 21 saturated heterocycles. The molecule has 0 aromatic carbocycles. The van der Waals surface area contributed by atoms with Gasteiger partial charge in [-0.1, -0.05) is 25.7 Å². The normalized spacial score (nSPS) is 50.8. The van der Waals surface area contributed by atoms with Crippen LogP contribution >= 0.6 is 0 Å². The van der Waals surface area contributed by atoms with E-state index in [9.17, 15) is 102 Å². The molecule has 23 N–H and O–H groups in total. The molecule has 0 aromatic rings. The van der Waals surface area contributed by atoms with Crippen LogP contribution in [0.15, 0.2) is 0 Å². The highest BCUT2D eigenvalue weighted by molar-refractivity contribution is 5.02. The number of rotatable bonds is 16. The molecule has 21 aliphatic rings. The predicted molar refractivity (Wildman–Crippen MR) is 271 cm³/mol. The summed E-state index contributed by atoms with van der Waals surface area (Å²) in [5.74, 6) is 0. The SMILES string of the molecule is NCCCCCCCCNC[C@H]1O[C@@H]2O[C@H]3[C@H](O)[C@H](O)[C@@H](O[C@H]4[C@H](O)[C@H](O)[C@@H](O[C@H]5[C@H](O)[C@@H](O)[C@@H](O[C@H]6[C@H](O)[C@@H](O)[C@@H](O[C@H]7[C@H](O)[C@@H](O)[C@@H](O[C@H]8[C@H](O)[C@@H](O)[C@@H](O[C@H]1[C@H](O)[C@H]2O)O[C@@H]8CO)O[C@@H]7CO)O[C@@H]6CO)O[C@@H]5CO)O[C@@H]4CO)O[C@@H]3CO. The maximum absolute atomic E-state index is 11.8. The topological polar surface area (TPSA) is 572 Å². The molecule has 21 fully saturated rings. The van der Waals surface area contributed by atoms with Gasteiger partial charge in [-0.05, 0) is 25.9 Å². The number of hydrogen-bond acceptors (Lipinski definition) is 36. The molecule has 0 saturated carbocycles. The summed E-state index contributed by atoms with van der Waals surface area (Å²) in [6.45, 7) is -5.42. The standard InChI is InChI=1S/C50H88N2O34/c51-7-5-3-1-2-4-6-8-52-9-16-37-23(59)30(66)44(73-16)81-38-17(10-53)75-46(32(68)25(38)61)83-40-19(12-55)77-48(34(70)27(40)63)85-42-21(14-57)79-50(36(72)29(42)65)86-43-22(15-58)78-49(35(71)28(43)64)84-41-20(13-56)76-47(33(69)26(41)62)82-39-18(11-54)74-45(80-37)31(67)24(39)60/h16-50,52-72H,1-15,51H2/t16-,17-,18-,19-,20-,21-,22-,23-,24-,25-,26-,27-,28-,29-,30-,31-,32+,33-,34+,35-,36-,37-,38-,39-,40-,41-,42-,43-,44-,45-,46-,47-,48-,49-,50-/m1/s1. The lowest BCUT2D eigenvalue weighted by Gasteiger charge is -2.50. The maximum Gasteiger partial charge on any atom is 0.187 e. The van der Waals surface area contributed by atoms with Gasteiger partial charge in [0, 0.05) is 6.54 Å². The number of ether oxygens (including phenoxy) is 14. The lowest BCUT2D eigenvalue weighted by atomic mass is 9.95. The van der Waals surface area contributed by atoms with Crippen molar-refractivity contribution in [2.45, 2.75) is 253 Å². The number of aliphatic hydroxyl groups excluding tert-OH is 20. The van der Waals surface area contributed by atoms with E-state index in [0.717, 1.165) is 32.1 Å². The van der Waals surface area contributed by atoms with E-state index >= 15 is 0 Å². The molecule has 0 radical (unpaired) electrons. The minimum Gasteiger partial charge on any atom is -0.394 e. The van der Waals surface area contributed by atoms with Gasteiger partial charge in [-0.2, -0.15) is 0 Å². The van der Waals surface area contributed by atoms with Crippen LogP contribution in [0.5, 0.6) is 0 Å². The Balaban J connectivity index is 1.08. The first-order valence-electron chi connectivity index (χ1n) is 28.9. The zero-order valence-corrected chi connectivity index (χ0v) is 46.6. The molecule has 21 aliphatic heterocycles. The first-order valence-corrected chi connectivity index (χ1v) is 28.9. The molecule has 14 bridgehead atoms. The highest BCUT2D eigenvalue weighted by Crippen LogP contribution is 2.39. The summed E-state index contributed by atoms with van der Waals surface area (Å²) in [5.41, 5.74) is 5.61. The molecule has 0 aliphatic carbocycles. The second kappa shape index (κ2) is 31.9. The van der Waals surface area contributed by atoms with E-state index in [1.807, 2.05) is 0 Å². The van der Waals surface area contributed by atoms with E-state index in [2.05, 4.69) is 5.32 Å². The third-order valence-electron chi connectivity index (χ3n) is 16.8. The number of hydrogen-bond donors (Lipinski definition) is 22. The van der Waals surface area contributed by atoms with Crippen molar-refractivity contribution in [1.82, 2.24) is 5.32 Å². The molecule has 21 rings (SSSR count). The fourth-order valence-corrected chi connectivity index (χ4v) is 11.8. The smallest absolute Gasteiger partial charge is 0.187 e. The molecule has 36 heteroatoms. The number of aliphatic hydroxyl groups is 20. The number of nitrogens with two attached hydrogens (primary N) is 1. The van der Waals surface area contributed by atoms with Crippen LogP contribution in [-0.2, 0) is 66.3 Å². The Morgan fingerprint density at radius 3 is 0.628 bits per heavy atom. The van der Waals surface area contributed by atoms with Crippen molar-refractivity contribution in [2.24, 2.45) is 5.73 Å². The van der Waals surface area contributed by atoms with Gasteiger partial charge in [-0.25, -0.2) is 0 Å². The van der Waals surface area contributed by atoms with Gasteiger partial charge in [-0.15, -0.1) is 0 Å². The van der Waals surface area contributed by atoms with Crippen LogP contribution in [0.4, 0.5) is 0 Å². The molecule has 0 spiro atoms. The molecule has 86 heavy (non-hydrogen) atoms. The summed E-state index contributed by atoms with van der Waals surface area (Å²) >= 11 is 0. The first kappa shape index (κ1) is 70.4. The molecule has 21 heterocycles. The van der Waals surface area contributed by atoms with Gasteiger partial charge in [0.05, 0.1) is 39.6 Å². The summed E-state index contributed by atoms with van der Waals surface area (Å²) in [5, 5.41) is 227. The minimum atomic E-state index is -2.20. The van der Waals surface area contributed by atoms with Crippen molar-refractivity contribution in [3.05, 3.63) is 0 Å². The predicted octanol–water partition coefficient (Wildman–Crippen LogP) is -13.3. The van der Waals surface area contributed by atoms with Gasteiger partial charge in [0.1, 0.15) is 171 Å². The molecule has 0 unspecified atom stereocenters. The second-order valence-electron chi connectivity index (χ2n) is 22.6. The van der Waals surface area contributed by atoms with Crippen molar-refractivity contribution in [3.63, 3.8) is 0 Å². The Hall–Kier alpha value is -1.44. The largest absolute Gasteiger partial charge is 0.394 e. The van der Waals surface area contributed by atoms with Crippen molar-refractivity contribution in [3.8, 4) is 0 Å². The minimum absolute atomic E-state index is 0.192. The summed E-state index contributed by atoms with van der Waals surface area (Å²) in [6, 6.07) is 0. The zero-order valence-electron chi connectivity index (χ0n) is 46.6. The Labute approximate surface area is 491 Å². The molecule has 36 nitrogen and oxygen atoms in total. The van der Waals surface area contributed by atoms with E-state index < -0.39 is 255 Å². The van der Waals surface area contributed by atoms with Gasteiger partial charge in [0.2, 0.25) is 0 Å². The third-order valence-corrected chi connectivity index (χ3v) is 16.8. The highest BCUT2D eigenvalue weighted by atomic mass is 16.8. The van der Waals surface area contributed by atoms with E-state index in [0.29, 0.717) is 19.5 Å². The summed E-state index contributed by atoms with van der Waals surface area (Å²) in [6.07, 6.45) is -63.8. The quantitative estimate of drug-likeness (QED) is 0.0638. The van der Waals surface area contributed by atoms with Crippen LogP contribution in [0.2, 0.25) is 0 Å². The molecule has 502 valence electrons. The van der Waals surface area contributed by atoms with Crippen LogP contribution in [0.3, 0.4) is 0 Å². The van der Waals surface area contributed by atoms with Crippen LogP contribution in [0, 0.1) is 0 Å². The number of nitrogens with one attached hydrogen (secondary N) is 1. The Kier molecular flexibility index (Phi) is 26.1. The molecule has 0 aromatic heterocycles. The van der Waals surface area contributed by atoms with Crippen LogP contribution < -0.4 is 11.1 Å². The lowest BCUT2D eigenvalue weighted by Crippen LogP contribution is -2.68. The Morgan fingerprint density at radius 2 is 0.419 bits per heavy atom. The third kappa shape index (κ3) is 15.3. The van der Waals surface area contributed by atoms with E-state index in [4.69, 9.17) is 72.0 Å². The van der Waals surface area contributed by atoms with Crippen LogP contribution in [-0.4, -0.2) is 376 Å². The summed E-state index contributed by atoms with van der Waals surface area (Å²) < 4.78 is 81.5. The lowest BCUT2D eigenvalue weighted by molar-refractivity contribution is -0.396. The summed E-state index contributed by atoms with van der Waals surface area (Å²) in [4.78, 5) is 0. The fourth-order valence-electron chi connectivity index (χ4n) is 11.8. The van der Waals surface area contributed by atoms with Gasteiger partial charge in [0.25, 0.3) is 0 Å². The summed E-state index contributed by atoms with van der Waals surface area (Å²) in [7, 11) is 0. The van der Waals surface area contributed by atoms with Crippen molar-refractivity contribution in [1.29, 1.82) is 0 Å². The Morgan fingerprint density at radius 1 is 0.233 bits per heavy atom. The molecule has 35 atom stereocenters. The van der Waals surface area contributed by atoms with E-state index in [1.165, 1.54) is 0 Å². The Bertz CT molecular complexity index is 1990. The monoisotopic (exact) mass is 1260 g/mol. The zero-order chi connectivity index (χ0) is 62.4. The van der Waals surface area contributed by atoms with Gasteiger partial charge >= 0.3 is 0 Å². The molecular weight excluding hydrogens is 1170 g/mol. The van der Waals surface area contributed by atoms with Crippen molar-refractivity contribution in [2.75, 3.05) is 59.3 Å². The van der Waals surface area contributed by atoms with Crippen molar-refractivity contribution < 1.29 is 168 Å². The highest BCUT2D eigenvalue weighted by Gasteiger charge is 2.59. The average Bonchev–Trinajstić information content (AvgIpc) is 1.50. The average molecular weight is 1260 g/mol. The maximum atomic E-state index is 11.8. The van der Waals surface area contributed by atoms with Crippen LogP contribution in [0.1, 0.15) is 38.5 Å². The number of unbranched alkanes of at least 4 members (excludes halogenated alkanes) is 5. The fraction of sp³-hybridized carbons (Fsp3) is 1.00. The molecule has 0 amide bonds. The first-order chi connectivity index (χ1) is 41.2. The van der Waals surface area contributed by atoms with E-state index in [1.54, 1.807) is 0 Å². The second-order valence-corrected chi connectivity index (χ2v) is 22.6. The van der Waals surface area contributed by atoms with Gasteiger partial charge < -0.3 is 179 Å². The van der Waals surface area contributed by atoms with Gasteiger partial charge in [0.15, 0.2) is 44.0 Å².